The minimum absolute atomic E-state index is 0.103. The predicted octanol–water partition coefficient (Wildman–Crippen LogP) is 3.24. The van der Waals surface area contributed by atoms with Gasteiger partial charge in [0.1, 0.15) is 0 Å². The van der Waals surface area contributed by atoms with Crippen LogP contribution in [0.2, 0.25) is 0 Å². The predicted molar refractivity (Wildman–Crippen MR) is 114 cm³/mol. The zero-order chi connectivity index (χ0) is 23.6. The average Bonchev–Trinajstić information content (AvgIpc) is 3.13. The highest BCUT2D eigenvalue weighted by Gasteiger charge is 2.31. The maximum Gasteiger partial charge on any atom is 0.416 e. The first-order chi connectivity index (χ1) is 15.8. The number of hydrogen-bond acceptors (Lipinski definition) is 5. The Kier molecular flexibility index (Phi) is 5.97. The van der Waals surface area contributed by atoms with E-state index in [1.165, 1.54) is 29.1 Å². The largest absolute Gasteiger partial charge is 0.416 e. The van der Waals surface area contributed by atoms with E-state index >= 15 is 0 Å². The molecule has 1 amide bonds. The van der Waals surface area contributed by atoms with Gasteiger partial charge >= 0.3 is 6.18 Å². The van der Waals surface area contributed by atoms with Crippen LogP contribution in [0.3, 0.4) is 0 Å². The molecule has 2 aromatic carbocycles. The van der Waals surface area contributed by atoms with Gasteiger partial charge in [-0.2, -0.15) is 23.0 Å². The standard InChI is InChI=1S/C22H18F3N5O3/c23-22(24,25)15-5-1-4-14(12-15)20(33)28-21-27-17-13-16(30-19(32)6-2-9-26-30)7-8-18(17)29(21)10-3-11-31/h1-2,4-9,12-13,31H,3,10-11H2,(H,27,28,33). The van der Waals surface area contributed by atoms with Gasteiger partial charge in [0.05, 0.1) is 22.3 Å². The van der Waals surface area contributed by atoms with Crippen molar-refractivity contribution in [3.8, 4) is 5.69 Å². The van der Waals surface area contributed by atoms with E-state index < -0.39 is 17.6 Å². The van der Waals surface area contributed by atoms with Gasteiger partial charge in [0.15, 0.2) is 0 Å². The summed E-state index contributed by atoms with van der Waals surface area (Å²) in [7, 11) is 0. The Labute approximate surface area is 184 Å². The Morgan fingerprint density at radius 2 is 1.91 bits per heavy atom. The van der Waals surface area contributed by atoms with Crippen molar-refractivity contribution in [2.75, 3.05) is 11.9 Å². The molecule has 0 spiro atoms. The van der Waals surface area contributed by atoms with Crippen molar-refractivity contribution in [2.24, 2.45) is 0 Å². The van der Waals surface area contributed by atoms with Gasteiger partial charge in [-0.15, -0.1) is 0 Å². The number of aliphatic hydroxyl groups excluding tert-OH is 1. The molecule has 0 aliphatic rings. The van der Waals surface area contributed by atoms with Crippen LogP contribution in [0.4, 0.5) is 19.1 Å². The molecule has 2 N–H and O–H groups in total. The SMILES string of the molecule is O=C(Nc1nc2cc(-n3ncccc3=O)ccc2n1CCCO)c1cccc(C(F)(F)F)c1. The number of aliphatic hydroxyl groups is 1. The number of fused-ring (bicyclic) bond motifs is 1. The summed E-state index contributed by atoms with van der Waals surface area (Å²) >= 11 is 0. The molecule has 0 radical (unpaired) electrons. The third-order valence-electron chi connectivity index (χ3n) is 4.91. The van der Waals surface area contributed by atoms with Gasteiger partial charge in [0.2, 0.25) is 5.95 Å². The van der Waals surface area contributed by atoms with Crippen molar-refractivity contribution < 1.29 is 23.1 Å². The quantitative estimate of drug-likeness (QED) is 0.463. The summed E-state index contributed by atoms with van der Waals surface area (Å²) in [6, 6.07) is 11.9. The van der Waals surface area contributed by atoms with Crippen LogP contribution in [0.25, 0.3) is 16.7 Å². The van der Waals surface area contributed by atoms with E-state index in [0.29, 0.717) is 29.7 Å². The molecule has 0 atom stereocenters. The number of hydrogen-bond donors (Lipinski definition) is 2. The van der Waals surface area contributed by atoms with Crippen LogP contribution in [0, 0.1) is 0 Å². The van der Waals surface area contributed by atoms with Crippen LogP contribution in [0.15, 0.2) is 65.6 Å². The second kappa shape index (κ2) is 8.87. The molecule has 170 valence electrons. The summed E-state index contributed by atoms with van der Waals surface area (Å²) in [6.07, 6.45) is -2.75. The highest BCUT2D eigenvalue weighted by Crippen LogP contribution is 2.30. The van der Waals surface area contributed by atoms with Gasteiger partial charge in [-0.1, -0.05) is 6.07 Å². The number of nitrogens with one attached hydrogen (secondary N) is 1. The highest BCUT2D eigenvalue weighted by molar-refractivity contribution is 6.04. The van der Waals surface area contributed by atoms with Crippen LogP contribution >= 0.6 is 0 Å². The average molecular weight is 457 g/mol. The number of imidazole rings is 1. The Morgan fingerprint density at radius 1 is 1.09 bits per heavy atom. The van der Waals surface area contributed by atoms with Crippen molar-refractivity contribution in [3.05, 3.63) is 82.3 Å². The number of alkyl halides is 3. The first kappa shape index (κ1) is 22.2. The van der Waals surface area contributed by atoms with Gasteiger partial charge in [-0.05, 0) is 48.9 Å². The smallest absolute Gasteiger partial charge is 0.396 e. The molecule has 0 bridgehead atoms. The number of anilines is 1. The van der Waals surface area contributed by atoms with E-state index in [-0.39, 0.29) is 23.7 Å². The van der Waals surface area contributed by atoms with E-state index in [2.05, 4.69) is 15.4 Å². The Hall–Kier alpha value is -3.99. The number of benzene rings is 2. The van der Waals surface area contributed by atoms with Crippen molar-refractivity contribution in [1.29, 1.82) is 0 Å². The zero-order valence-electron chi connectivity index (χ0n) is 17.1. The molecule has 33 heavy (non-hydrogen) atoms. The normalized spacial score (nSPS) is 11.6. The van der Waals surface area contributed by atoms with Gasteiger partial charge in [0, 0.05) is 31.0 Å². The van der Waals surface area contributed by atoms with Crippen LogP contribution in [-0.2, 0) is 12.7 Å². The lowest BCUT2D eigenvalue weighted by Crippen LogP contribution is -2.18. The van der Waals surface area contributed by atoms with E-state index in [9.17, 15) is 27.9 Å². The molecular formula is C22H18F3N5O3. The second-order valence-electron chi connectivity index (χ2n) is 7.14. The molecule has 0 aliphatic carbocycles. The topological polar surface area (TPSA) is 102 Å². The van der Waals surface area contributed by atoms with Crippen molar-refractivity contribution in [3.63, 3.8) is 0 Å². The fraction of sp³-hybridized carbons (Fsp3) is 0.182. The molecular weight excluding hydrogens is 439 g/mol. The number of carbonyl (C=O) groups is 1. The third-order valence-corrected chi connectivity index (χ3v) is 4.91. The summed E-state index contributed by atoms with van der Waals surface area (Å²) in [5.74, 6) is -0.658. The Morgan fingerprint density at radius 3 is 2.64 bits per heavy atom. The summed E-state index contributed by atoms with van der Waals surface area (Å²) < 4.78 is 41.8. The number of aryl methyl sites for hydroxylation is 1. The summed E-state index contributed by atoms with van der Waals surface area (Å²) in [4.78, 5) is 29.2. The number of amides is 1. The molecule has 0 fully saturated rings. The maximum atomic E-state index is 13.0. The first-order valence-corrected chi connectivity index (χ1v) is 9.92. The van der Waals surface area contributed by atoms with Crippen molar-refractivity contribution >= 4 is 22.9 Å². The fourth-order valence-electron chi connectivity index (χ4n) is 3.36. The van der Waals surface area contributed by atoms with Crippen LogP contribution in [0.5, 0.6) is 0 Å². The number of halogens is 3. The molecule has 0 saturated heterocycles. The lowest BCUT2D eigenvalue weighted by atomic mass is 10.1. The Balaban J connectivity index is 1.72. The molecule has 4 aromatic rings. The number of carbonyl (C=O) groups excluding carboxylic acids is 1. The van der Waals surface area contributed by atoms with Gasteiger partial charge < -0.3 is 9.67 Å². The molecule has 8 nitrogen and oxygen atoms in total. The number of aromatic nitrogens is 4. The number of rotatable bonds is 6. The molecule has 2 heterocycles. The molecule has 11 heteroatoms. The lowest BCUT2D eigenvalue weighted by Gasteiger charge is -2.11. The second-order valence-corrected chi connectivity index (χ2v) is 7.14. The monoisotopic (exact) mass is 457 g/mol. The fourth-order valence-corrected chi connectivity index (χ4v) is 3.36. The number of nitrogens with zero attached hydrogens (tertiary/aromatic N) is 4. The van der Waals surface area contributed by atoms with E-state index in [1.54, 1.807) is 22.8 Å². The molecule has 0 aliphatic heterocycles. The molecule has 4 rings (SSSR count). The van der Waals surface area contributed by atoms with Crippen molar-refractivity contribution in [2.45, 2.75) is 19.1 Å². The Bertz CT molecular complexity index is 1380. The van der Waals surface area contributed by atoms with Gasteiger partial charge in [-0.25, -0.2) is 4.98 Å². The van der Waals surface area contributed by atoms with E-state index in [1.807, 2.05) is 0 Å². The molecule has 2 aromatic heterocycles. The first-order valence-electron chi connectivity index (χ1n) is 9.92. The van der Waals surface area contributed by atoms with Crippen LogP contribution in [-0.4, -0.2) is 37.0 Å². The van der Waals surface area contributed by atoms with Crippen LogP contribution in [0.1, 0.15) is 22.3 Å². The summed E-state index contributed by atoms with van der Waals surface area (Å²) in [6.45, 7) is 0.191. The highest BCUT2D eigenvalue weighted by atomic mass is 19.4. The van der Waals surface area contributed by atoms with Crippen molar-refractivity contribution in [1.82, 2.24) is 19.3 Å². The summed E-state index contributed by atoms with van der Waals surface area (Å²) in [5, 5.41) is 15.8. The molecule has 0 saturated carbocycles. The third kappa shape index (κ3) is 4.62. The van der Waals surface area contributed by atoms with E-state index in [4.69, 9.17) is 0 Å². The summed E-state index contributed by atoms with van der Waals surface area (Å²) in [5.41, 5.74) is 0.0452. The minimum Gasteiger partial charge on any atom is -0.396 e. The maximum absolute atomic E-state index is 13.0. The lowest BCUT2D eigenvalue weighted by molar-refractivity contribution is -0.137. The van der Waals surface area contributed by atoms with Crippen LogP contribution < -0.4 is 10.9 Å². The van der Waals surface area contributed by atoms with Gasteiger partial charge in [0.25, 0.3) is 11.5 Å². The zero-order valence-corrected chi connectivity index (χ0v) is 17.1. The molecule has 0 unspecified atom stereocenters. The minimum atomic E-state index is -4.58. The van der Waals surface area contributed by atoms with Gasteiger partial charge in [-0.3, -0.25) is 14.9 Å². The van der Waals surface area contributed by atoms with E-state index in [0.717, 1.165) is 18.2 Å².